The van der Waals surface area contributed by atoms with Crippen LogP contribution in [0.4, 0.5) is 0 Å². The van der Waals surface area contributed by atoms with Crippen LogP contribution in [0, 0.1) is 23.7 Å². The molecule has 0 saturated carbocycles. The SMILES string of the molecule is CCCCC(CCCC)C(=O)[O][Sn]([O]C(=O)C(CCCC)CCCC)([O]C(=O)C(CCCC)CCCC)[O]C(=O)C(CCCC)CCCC. The first-order valence-electron chi connectivity index (χ1n) is 20.5. The van der Waals surface area contributed by atoms with Crippen LogP contribution in [0.25, 0.3) is 0 Å². The van der Waals surface area contributed by atoms with Gasteiger partial charge in [0.2, 0.25) is 0 Å². The van der Waals surface area contributed by atoms with Gasteiger partial charge in [-0.15, -0.1) is 0 Å². The Balaban J connectivity index is 7.17. The summed E-state index contributed by atoms with van der Waals surface area (Å²) < 4.78 is 24.9. The van der Waals surface area contributed by atoms with Crippen molar-refractivity contribution >= 4 is 43.9 Å². The fourth-order valence-corrected chi connectivity index (χ4v) is 11.5. The third-order valence-electron chi connectivity index (χ3n) is 9.48. The average molecular weight is 804 g/mol. The third-order valence-corrected chi connectivity index (χ3v) is 14.6. The molecule has 0 spiro atoms. The summed E-state index contributed by atoms with van der Waals surface area (Å²) in [5.41, 5.74) is 0. The van der Waals surface area contributed by atoms with E-state index in [1.54, 1.807) is 0 Å². The Labute approximate surface area is 307 Å². The fraction of sp³-hybridized carbons (Fsp3) is 0.900. The minimum atomic E-state index is -6.08. The molecule has 288 valence electrons. The molecule has 0 aromatic rings. The van der Waals surface area contributed by atoms with Gasteiger partial charge in [0.05, 0.1) is 0 Å². The molecule has 8 nitrogen and oxygen atoms in total. The van der Waals surface area contributed by atoms with Crippen molar-refractivity contribution in [3.63, 3.8) is 0 Å². The molecule has 0 aliphatic rings. The topological polar surface area (TPSA) is 105 Å². The van der Waals surface area contributed by atoms with E-state index in [1.807, 2.05) is 0 Å². The van der Waals surface area contributed by atoms with E-state index in [2.05, 4.69) is 55.4 Å². The van der Waals surface area contributed by atoms with E-state index < -0.39 is 67.6 Å². The molecule has 0 unspecified atom stereocenters. The molecule has 0 rings (SSSR count). The van der Waals surface area contributed by atoms with Crippen molar-refractivity contribution in [1.29, 1.82) is 0 Å². The van der Waals surface area contributed by atoms with Gasteiger partial charge in [0.15, 0.2) is 0 Å². The van der Waals surface area contributed by atoms with Crippen LogP contribution in [-0.4, -0.2) is 43.9 Å². The Kier molecular flexibility index (Phi) is 29.5. The summed E-state index contributed by atoms with van der Waals surface area (Å²) in [7, 11) is 0. The first kappa shape index (κ1) is 47.7. The second-order valence-electron chi connectivity index (χ2n) is 14.1. The molecule has 0 saturated heterocycles. The molecular weight excluding hydrogens is 727 g/mol. The number of carbonyl (C=O) groups excluding carboxylic acids is 4. The fourth-order valence-electron chi connectivity index (χ4n) is 6.08. The summed E-state index contributed by atoms with van der Waals surface area (Å²) in [5.74, 6) is -4.18. The molecule has 0 aliphatic heterocycles. The van der Waals surface area contributed by atoms with E-state index in [1.165, 1.54) is 0 Å². The minimum absolute atomic E-state index is 0.463. The summed E-state index contributed by atoms with van der Waals surface area (Å²) in [6.07, 6.45) is 18.7. The van der Waals surface area contributed by atoms with E-state index in [0.717, 1.165) is 103 Å². The molecule has 0 atom stereocenters. The second-order valence-corrected chi connectivity index (χ2v) is 19.3. The van der Waals surface area contributed by atoms with Crippen molar-refractivity contribution in [3.05, 3.63) is 0 Å². The monoisotopic (exact) mass is 804 g/mol. The quantitative estimate of drug-likeness (QED) is 0.0619. The van der Waals surface area contributed by atoms with Crippen LogP contribution >= 0.6 is 0 Å². The molecule has 0 heterocycles. The molecule has 0 radical (unpaired) electrons. The zero-order chi connectivity index (χ0) is 36.9. The summed E-state index contributed by atoms with van der Waals surface area (Å²) in [6, 6.07) is 0. The molecule has 0 N–H and O–H groups in total. The molecule has 0 amide bonds. The number of hydrogen-bond donors (Lipinski definition) is 0. The first-order chi connectivity index (χ1) is 23.6. The van der Waals surface area contributed by atoms with Gasteiger partial charge < -0.3 is 0 Å². The normalized spacial score (nSPS) is 11.8. The van der Waals surface area contributed by atoms with Crippen molar-refractivity contribution in [2.45, 2.75) is 209 Å². The Bertz CT molecular complexity index is 705. The molecule has 0 fully saturated rings. The van der Waals surface area contributed by atoms with E-state index in [9.17, 15) is 19.2 Å². The van der Waals surface area contributed by atoms with Gasteiger partial charge in [-0.2, -0.15) is 0 Å². The molecule has 49 heavy (non-hydrogen) atoms. The summed E-state index contributed by atoms with van der Waals surface area (Å²) in [4.78, 5) is 56.5. The predicted octanol–water partition coefficient (Wildman–Crippen LogP) is 11.6. The third kappa shape index (κ3) is 21.0. The number of rotatable bonds is 32. The molecule has 0 bridgehead atoms. The zero-order valence-electron chi connectivity index (χ0n) is 33.0. The summed E-state index contributed by atoms with van der Waals surface area (Å²) in [5, 5.41) is 0. The van der Waals surface area contributed by atoms with Crippen molar-refractivity contribution < 1.29 is 31.5 Å². The Morgan fingerprint density at radius 2 is 0.469 bits per heavy atom. The maximum absolute atomic E-state index is 14.1. The van der Waals surface area contributed by atoms with Gasteiger partial charge >= 0.3 is 309 Å². The van der Waals surface area contributed by atoms with Crippen molar-refractivity contribution in [1.82, 2.24) is 0 Å². The Morgan fingerprint density at radius 1 is 0.327 bits per heavy atom. The summed E-state index contributed by atoms with van der Waals surface area (Å²) >= 11 is -6.08. The summed E-state index contributed by atoms with van der Waals surface area (Å²) in [6.45, 7) is 16.6. The van der Waals surface area contributed by atoms with E-state index >= 15 is 0 Å². The number of carbonyl (C=O) groups is 4. The van der Waals surface area contributed by atoms with Gasteiger partial charge in [0.1, 0.15) is 0 Å². The van der Waals surface area contributed by atoms with E-state index in [-0.39, 0.29) is 0 Å². The van der Waals surface area contributed by atoms with E-state index in [0.29, 0.717) is 51.4 Å². The molecule has 0 aromatic carbocycles. The van der Waals surface area contributed by atoms with Gasteiger partial charge in [-0.3, -0.25) is 0 Å². The van der Waals surface area contributed by atoms with Gasteiger partial charge in [-0.1, -0.05) is 0 Å². The molecular formula is C40H76O8Sn. The van der Waals surface area contributed by atoms with Crippen LogP contribution < -0.4 is 0 Å². The van der Waals surface area contributed by atoms with Gasteiger partial charge in [0, 0.05) is 0 Å². The van der Waals surface area contributed by atoms with E-state index in [4.69, 9.17) is 12.3 Å². The zero-order valence-corrected chi connectivity index (χ0v) is 35.9. The van der Waals surface area contributed by atoms with Crippen LogP contribution in [0.15, 0.2) is 0 Å². The first-order valence-corrected chi connectivity index (χ1v) is 25.2. The molecule has 9 heteroatoms. The van der Waals surface area contributed by atoms with Crippen LogP contribution in [0.3, 0.4) is 0 Å². The van der Waals surface area contributed by atoms with Crippen molar-refractivity contribution in [2.75, 3.05) is 0 Å². The van der Waals surface area contributed by atoms with Crippen LogP contribution in [0.2, 0.25) is 0 Å². The van der Waals surface area contributed by atoms with Gasteiger partial charge in [-0.05, 0) is 0 Å². The van der Waals surface area contributed by atoms with Gasteiger partial charge in [0.25, 0.3) is 0 Å². The van der Waals surface area contributed by atoms with Crippen LogP contribution in [-0.2, 0) is 31.5 Å². The molecule has 0 aromatic heterocycles. The number of unbranched alkanes of at least 4 members (excludes halogenated alkanes) is 8. The molecule has 0 aliphatic carbocycles. The van der Waals surface area contributed by atoms with Crippen LogP contribution in [0.5, 0.6) is 0 Å². The van der Waals surface area contributed by atoms with Crippen molar-refractivity contribution in [3.8, 4) is 0 Å². The second kappa shape index (κ2) is 30.3. The average Bonchev–Trinajstić information content (AvgIpc) is 3.08. The van der Waals surface area contributed by atoms with Crippen LogP contribution in [0.1, 0.15) is 209 Å². The number of hydrogen-bond acceptors (Lipinski definition) is 8. The van der Waals surface area contributed by atoms with Crippen molar-refractivity contribution in [2.24, 2.45) is 23.7 Å². The van der Waals surface area contributed by atoms with Gasteiger partial charge in [-0.25, -0.2) is 0 Å². The standard InChI is InChI=1S/4C10H20O2.Sn/c4*1-3-5-7-9(10(11)12)8-6-4-2;/h4*9H,3-8H2,1-2H3,(H,11,12);/q;;;;+4/p-4. The Morgan fingerprint density at radius 3 is 0.592 bits per heavy atom. The Hall–Kier alpha value is -1.32. The maximum atomic E-state index is 14.1. The predicted molar refractivity (Wildman–Crippen MR) is 200 cm³/mol.